The van der Waals surface area contributed by atoms with Crippen LogP contribution in [0.15, 0.2) is 54.6 Å². The van der Waals surface area contributed by atoms with Gasteiger partial charge in [-0.3, -0.25) is 9.10 Å². The first kappa shape index (κ1) is 18.5. The van der Waals surface area contributed by atoms with Crippen molar-refractivity contribution in [3.8, 4) is 0 Å². The quantitative estimate of drug-likeness (QED) is 0.847. The van der Waals surface area contributed by atoms with Crippen molar-refractivity contribution in [1.82, 2.24) is 5.32 Å². The molecule has 1 saturated heterocycles. The maximum Gasteiger partial charge on any atom is 0.251 e. The topological polar surface area (TPSA) is 66.5 Å². The zero-order valence-corrected chi connectivity index (χ0v) is 15.7. The fourth-order valence-corrected chi connectivity index (χ4v) is 4.81. The molecule has 0 unspecified atom stereocenters. The van der Waals surface area contributed by atoms with E-state index in [-0.39, 0.29) is 17.6 Å². The Bertz CT molecular complexity index is 848. The van der Waals surface area contributed by atoms with Gasteiger partial charge >= 0.3 is 0 Å². The van der Waals surface area contributed by atoms with Crippen LogP contribution in [0.25, 0.3) is 0 Å². The van der Waals surface area contributed by atoms with Crippen molar-refractivity contribution in [2.75, 3.05) is 23.1 Å². The molecule has 0 aliphatic carbocycles. The van der Waals surface area contributed by atoms with Gasteiger partial charge in [0.25, 0.3) is 5.91 Å². The zero-order valence-electron chi connectivity index (χ0n) is 14.9. The molecule has 1 aliphatic rings. The van der Waals surface area contributed by atoms with Gasteiger partial charge in [0, 0.05) is 24.6 Å². The van der Waals surface area contributed by atoms with Gasteiger partial charge in [-0.15, -0.1) is 0 Å². The largest absolute Gasteiger partial charge is 0.351 e. The number of nitrogens with zero attached hydrogens (tertiary/aromatic N) is 1. The second-order valence-electron chi connectivity index (χ2n) is 6.51. The molecule has 0 spiro atoms. The number of carbonyl (C=O) groups is 1. The van der Waals surface area contributed by atoms with Gasteiger partial charge in [-0.05, 0) is 42.7 Å². The van der Waals surface area contributed by atoms with Crippen LogP contribution in [0.2, 0.25) is 0 Å². The minimum absolute atomic E-state index is 0.143. The van der Waals surface area contributed by atoms with Crippen LogP contribution in [0.5, 0.6) is 0 Å². The molecule has 6 heteroatoms. The Morgan fingerprint density at radius 3 is 2.38 bits per heavy atom. The molecule has 2 aromatic rings. The summed E-state index contributed by atoms with van der Waals surface area (Å²) in [4.78, 5) is 12.4. The van der Waals surface area contributed by atoms with Gasteiger partial charge in [-0.25, -0.2) is 8.42 Å². The lowest BCUT2D eigenvalue weighted by molar-refractivity contribution is 0.0951. The van der Waals surface area contributed by atoms with E-state index in [1.54, 1.807) is 24.3 Å². The predicted molar refractivity (Wildman–Crippen MR) is 104 cm³/mol. The number of amides is 1. The minimum atomic E-state index is -3.20. The summed E-state index contributed by atoms with van der Waals surface area (Å²) in [5.41, 5.74) is 2.37. The van der Waals surface area contributed by atoms with E-state index in [9.17, 15) is 13.2 Å². The van der Waals surface area contributed by atoms with Gasteiger partial charge in [0.05, 0.1) is 11.4 Å². The van der Waals surface area contributed by atoms with Crippen molar-refractivity contribution in [2.45, 2.75) is 25.7 Å². The number of benzene rings is 2. The fraction of sp³-hybridized carbons (Fsp3) is 0.350. The van der Waals surface area contributed by atoms with E-state index in [4.69, 9.17) is 0 Å². The molecule has 0 aromatic heterocycles. The van der Waals surface area contributed by atoms with Crippen molar-refractivity contribution in [3.63, 3.8) is 0 Å². The summed E-state index contributed by atoms with van der Waals surface area (Å²) in [7, 11) is -3.20. The van der Waals surface area contributed by atoms with Gasteiger partial charge in [0.15, 0.2) is 0 Å². The van der Waals surface area contributed by atoms with E-state index in [0.29, 0.717) is 30.8 Å². The van der Waals surface area contributed by atoms with Crippen LogP contribution in [0.3, 0.4) is 0 Å². The average molecular weight is 372 g/mol. The third-order valence-electron chi connectivity index (χ3n) is 4.79. The normalized spacial score (nSPS) is 17.0. The fourth-order valence-electron chi connectivity index (χ4n) is 3.25. The lowest BCUT2D eigenvalue weighted by Crippen LogP contribution is -2.28. The summed E-state index contributed by atoms with van der Waals surface area (Å²) >= 11 is 0. The molecule has 1 amide bonds. The van der Waals surface area contributed by atoms with E-state index < -0.39 is 10.0 Å². The third kappa shape index (κ3) is 4.07. The monoisotopic (exact) mass is 372 g/mol. The van der Waals surface area contributed by atoms with E-state index in [0.717, 1.165) is 6.42 Å². The highest BCUT2D eigenvalue weighted by molar-refractivity contribution is 7.93. The number of nitrogens with one attached hydrogen (secondary N) is 1. The lowest BCUT2D eigenvalue weighted by atomic mass is 9.96. The van der Waals surface area contributed by atoms with Crippen molar-refractivity contribution < 1.29 is 13.2 Å². The Morgan fingerprint density at radius 2 is 1.81 bits per heavy atom. The number of carbonyl (C=O) groups excluding carboxylic acids is 1. The Morgan fingerprint density at radius 1 is 1.12 bits per heavy atom. The smallest absolute Gasteiger partial charge is 0.251 e. The molecule has 1 heterocycles. The van der Waals surface area contributed by atoms with Gasteiger partial charge in [0.1, 0.15) is 0 Å². The minimum Gasteiger partial charge on any atom is -0.351 e. The van der Waals surface area contributed by atoms with Crippen LogP contribution in [0, 0.1) is 0 Å². The summed E-state index contributed by atoms with van der Waals surface area (Å²) in [6.45, 7) is 3.18. The second-order valence-corrected chi connectivity index (χ2v) is 8.53. The van der Waals surface area contributed by atoms with E-state index in [1.165, 1.54) is 9.87 Å². The molecule has 1 atom stereocenters. The van der Waals surface area contributed by atoms with E-state index in [2.05, 4.69) is 24.4 Å². The van der Waals surface area contributed by atoms with Crippen molar-refractivity contribution in [3.05, 3.63) is 65.7 Å². The van der Waals surface area contributed by atoms with Gasteiger partial charge in [-0.2, -0.15) is 0 Å². The maximum absolute atomic E-state index is 12.4. The number of hydrogen-bond donors (Lipinski definition) is 1. The van der Waals surface area contributed by atoms with E-state index >= 15 is 0 Å². The first-order chi connectivity index (χ1) is 12.5. The molecule has 0 saturated carbocycles. The molecule has 2 aromatic carbocycles. The molecule has 1 aliphatic heterocycles. The lowest BCUT2D eigenvalue weighted by Gasteiger charge is -2.18. The Kier molecular flexibility index (Phi) is 5.61. The van der Waals surface area contributed by atoms with Crippen LogP contribution in [0.1, 0.15) is 41.6 Å². The second kappa shape index (κ2) is 7.91. The average Bonchev–Trinajstić information content (AvgIpc) is 3.02. The summed E-state index contributed by atoms with van der Waals surface area (Å²) < 4.78 is 25.4. The first-order valence-corrected chi connectivity index (χ1v) is 10.6. The van der Waals surface area contributed by atoms with Crippen LogP contribution >= 0.6 is 0 Å². The van der Waals surface area contributed by atoms with Gasteiger partial charge in [0.2, 0.25) is 10.0 Å². The van der Waals surface area contributed by atoms with Crippen LogP contribution in [-0.2, 0) is 10.0 Å². The maximum atomic E-state index is 12.4. The molecule has 5 nitrogen and oxygen atoms in total. The Hall–Kier alpha value is -2.34. The summed E-state index contributed by atoms with van der Waals surface area (Å²) in [6.07, 6.45) is 1.58. The van der Waals surface area contributed by atoms with Crippen molar-refractivity contribution >= 4 is 21.6 Å². The summed E-state index contributed by atoms with van der Waals surface area (Å²) in [6, 6.07) is 16.9. The van der Waals surface area contributed by atoms with Gasteiger partial charge in [-0.1, -0.05) is 37.3 Å². The molecule has 26 heavy (non-hydrogen) atoms. The number of anilines is 1. The molecule has 3 rings (SSSR count). The molecule has 1 N–H and O–H groups in total. The zero-order chi connectivity index (χ0) is 18.6. The van der Waals surface area contributed by atoms with Crippen LogP contribution < -0.4 is 9.62 Å². The third-order valence-corrected chi connectivity index (χ3v) is 6.66. The highest BCUT2D eigenvalue weighted by Gasteiger charge is 2.28. The molecular formula is C20H24N2O3S. The highest BCUT2D eigenvalue weighted by atomic mass is 32.2. The highest BCUT2D eigenvalue weighted by Crippen LogP contribution is 2.24. The predicted octanol–water partition coefficient (Wildman–Crippen LogP) is 3.15. The van der Waals surface area contributed by atoms with Crippen LogP contribution in [-0.4, -0.2) is 33.2 Å². The number of hydrogen-bond acceptors (Lipinski definition) is 3. The first-order valence-electron chi connectivity index (χ1n) is 8.95. The van der Waals surface area contributed by atoms with Gasteiger partial charge < -0.3 is 5.32 Å². The molecule has 138 valence electrons. The summed E-state index contributed by atoms with van der Waals surface area (Å²) in [5, 5.41) is 2.98. The molecular weight excluding hydrogens is 348 g/mol. The molecule has 1 fully saturated rings. The SMILES string of the molecule is CC[C@@H](CNC(=O)c1ccc(N2CCCS2(=O)=O)cc1)c1ccccc1. The number of sulfonamides is 1. The van der Waals surface area contributed by atoms with E-state index in [1.807, 2.05) is 18.2 Å². The van der Waals surface area contributed by atoms with Crippen molar-refractivity contribution in [2.24, 2.45) is 0 Å². The summed E-state index contributed by atoms with van der Waals surface area (Å²) in [5.74, 6) is 0.317. The standard InChI is InChI=1S/C20H24N2O3S/c1-2-16(17-7-4-3-5-8-17)15-21-20(23)18-9-11-19(12-10-18)22-13-6-14-26(22,24)25/h3-5,7-12,16H,2,6,13-15H2,1H3,(H,21,23)/t16-/m0/s1. The number of rotatable bonds is 6. The Balaban J connectivity index is 1.63. The Labute approximate surface area is 155 Å². The van der Waals surface area contributed by atoms with Crippen molar-refractivity contribution in [1.29, 1.82) is 0 Å². The van der Waals surface area contributed by atoms with Crippen LogP contribution in [0.4, 0.5) is 5.69 Å². The molecule has 0 radical (unpaired) electrons. The molecule has 0 bridgehead atoms.